The number of nitrogens with zero attached hydrogens (tertiary/aromatic N) is 2. The van der Waals surface area contributed by atoms with E-state index in [1.807, 2.05) is 0 Å². The molecule has 2 N–H and O–H groups in total. The fourth-order valence-corrected chi connectivity index (χ4v) is 3.94. The molecule has 13 heteroatoms. The first kappa shape index (κ1) is 25.4. The van der Waals surface area contributed by atoms with E-state index in [1.54, 1.807) is 0 Å². The Morgan fingerprint density at radius 1 is 1.08 bits per heavy atom. The molecule has 0 aliphatic heterocycles. The second-order valence-electron chi connectivity index (χ2n) is 7.56. The quantitative estimate of drug-likeness (QED) is 0.242. The lowest BCUT2D eigenvalue weighted by Gasteiger charge is -2.13. The van der Waals surface area contributed by atoms with Gasteiger partial charge in [0.25, 0.3) is 5.91 Å². The third-order valence-electron chi connectivity index (χ3n) is 5.37. The molecule has 0 unspecified atom stereocenters. The van der Waals surface area contributed by atoms with Crippen molar-refractivity contribution in [1.82, 2.24) is 9.78 Å². The number of carbonyl (C=O) groups excluding carboxylic acids is 2. The average molecular weight is 521 g/mol. The molecule has 0 aliphatic rings. The highest BCUT2D eigenvalue weighted by Crippen LogP contribution is 2.37. The number of ether oxygens (including phenoxy) is 1. The summed E-state index contributed by atoms with van der Waals surface area (Å²) in [6.07, 6.45) is -4.93. The van der Waals surface area contributed by atoms with Gasteiger partial charge in [-0.15, -0.1) is 0 Å². The highest BCUT2D eigenvalue weighted by Gasteiger charge is 2.37. The Morgan fingerprint density at radius 3 is 2.42 bits per heavy atom. The summed E-state index contributed by atoms with van der Waals surface area (Å²) >= 11 is 5.98. The summed E-state index contributed by atoms with van der Waals surface area (Å²) in [5.41, 5.74) is -2.85. The van der Waals surface area contributed by atoms with Gasteiger partial charge in [0.1, 0.15) is 11.5 Å². The van der Waals surface area contributed by atoms with Crippen molar-refractivity contribution in [3.63, 3.8) is 0 Å². The minimum absolute atomic E-state index is 0.0975. The standard InChI is InChI=1S/C23H14BClF4N2O5/c1-36-22(33)11-5-7-13(17(26)9-11)20-14-8-6-12(24(34)35)10-18(14)31(30-20)21(32)19-15(23(27,28)29)3-2-4-16(19)25/h2-10,34-35H,1H3. The summed E-state index contributed by atoms with van der Waals surface area (Å²) in [4.78, 5) is 25.1. The minimum atomic E-state index is -4.93. The van der Waals surface area contributed by atoms with Crippen LogP contribution in [0.5, 0.6) is 0 Å². The van der Waals surface area contributed by atoms with Crippen LogP contribution >= 0.6 is 11.6 Å². The van der Waals surface area contributed by atoms with Crippen LogP contribution in [-0.4, -0.2) is 45.9 Å². The summed E-state index contributed by atoms with van der Waals surface area (Å²) in [6, 6.07) is 9.85. The largest absolute Gasteiger partial charge is 0.488 e. The van der Waals surface area contributed by atoms with Gasteiger partial charge in [-0.05, 0) is 41.9 Å². The molecule has 0 aliphatic carbocycles. The second-order valence-corrected chi connectivity index (χ2v) is 7.97. The molecule has 0 spiro atoms. The number of benzene rings is 3. The topological polar surface area (TPSA) is 102 Å². The van der Waals surface area contributed by atoms with Crippen molar-refractivity contribution >= 4 is 47.0 Å². The molecule has 1 aromatic heterocycles. The Kier molecular flexibility index (Phi) is 6.61. The number of carbonyl (C=O) groups is 2. The number of halogens is 5. The Hall–Kier alpha value is -3.74. The molecule has 4 rings (SSSR count). The lowest BCUT2D eigenvalue weighted by molar-refractivity contribution is -0.137. The summed E-state index contributed by atoms with van der Waals surface area (Å²) in [6.45, 7) is 0. The molecule has 36 heavy (non-hydrogen) atoms. The van der Waals surface area contributed by atoms with Crippen LogP contribution in [0.15, 0.2) is 54.6 Å². The molecule has 0 bridgehead atoms. The Balaban J connectivity index is 1.99. The number of alkyl halides is 3. The van der Waals surface area contributed by atoms with Gasteiger partial charge < -0.3 is 14.8 Å². The van der Waals surface area contributed by atoms with E-state index in [2.05, 4.69) is 9.84 Å². The van der Waals surface area contributed by atoms with E-state index in [9.17, 15) is 37.2 Å². The first-order chi connectivity index (χ1) is 16.9. The van der Waals surface area contributed by atoms with Gasteiger partial charge in [0.15, 0.2) is 0 Å². The molecule has 184 valence electrons. The van der Waals surface area contributed by atoms with E-state index >= 15 is 0 Å². The Bertz CT molecular complexity index is 1520. The van der Waals surface area contributed by atoms with Crippen molar-refractivity contribution in [2.24, 2.45) is 0 Å². The lowest BCUT2D eigenvalue weighted by Crippen LogP contribution is -2.30. The number of hydrogen-bond donors (Lipinski definition) is 2. The van der Waals surface area contributed by atoms with Crippen molar-refractivity contribution in [3.05, 3.63) is 82.1 Å². The highest BCUT2D eigenvalue weighted by molar-refractivity contribution is 6.59. The monoisotopic (exact) mass is 520 g/mol. The van der Waals surface area contributed by atoms with Gasteiger partial charge in [0, 0.05) is 10.9 Å². The van der Waals surface area contributed by atoms with Gasteiger partial charge in [-0.2, -0.15) is 23.0 Å². The molecule has 0 amide bonds. The van der Waals surface area contributed by atoms with Gasteiger partial charge in [-0.3, -0.25) is 4.79 Å². The SMILES string of the molecule is COC(=O)c1ccc(-c2nn(C(=O)c3c(Cl)cccc3C(F)(F)F)c3cc(B(O)O)ccc23)c(F)c1. The third kappa shape index (κ3) is 4.46. The molecule has 0 fully saturated rings. The van der Waals surface area contributed by atoms with Crippen LogP contribution in [0.1, 0.15) is 26.3 Å². The van der Waals surface area contributed by atoms with E-state index in [1.165, 1.54) is 24.3 Å². The number of esters is 1. The van der Waals surface area contributed by atoms with Crippen molar-refractivity contribution in [1.29, 1.82) is 0 Å². The summed E-state index contributed by atoms with van der Waals surface area (Å²) in [7, 11) is -0.857. The van der Waals surface area contributed by atoms with Gasteiger partial charge in [0.05, 0.1) is 34.3 Å². The Morgan fingerprint density at radius 2 is 1.81 bits per heavy atom. The van der Waals surface area contributed by atoms with E-state index in [0.29, 0.717) is 10.7 Å². The molecule has 0 radical (unpaired) electrons. The van der Waals surface area contributed by atoms with E-state index in [-0.39, 0.29) is 33.2 Å². The van der Waals surface area contributed by atoms with Crippen LogP contribution in [0.25, 0.3) is 22.2 Å². The molecule has 0 saturated carbocycles. The number of aromatic nitrogens is 2. The van der Waals surface area contributed by atoms with E-state index in [0.717, 1.165) is 31.4 Å². The molecule has 1 heterocycles. The highest BCUT2D eigenvalue weighted by atomic mass is 35.5. The predicted octanol–water partition coefficient (Wildman–Crippen LogP) is 3.67. The van der Waals surface area contributed by atoms with Gasteiger partial charge >= 0.3 is 19.3 Å². The van der Waals surface area contributed by atoms with Crippen LogP contribution in [0.3, 0.4) is 0 Å². The van der Waals surface area contributed by atoms with Gasteiger partial charge in [-0.1, -0.05) is 29.8 Å². The number of hydrogen-bond acceptors (Lipinski definition) is 6. The maximum Gasteiger partial charge on any atom is 0.488 e. The first-order valence-electron chi connectivity index (χ1n) is 10.1. The van der Waals surface area contributed by atoms with Gasteiger partial charge in [-0.25, -0.2) is 9.18 Å². The predicted molar refractivity (Wildman–Crippen MR) is 122 cm³/mol. The number of methoxy groups -OCH3 is 1. The zero-order valence-corrected chi connectivity index (χ0v) is 18.9. The molecule has 0 atom stereocenters. The van der Waals surface area contributed by atoms with Crippen molar-refractivity contribution in [3.8, 4) is 11.3 Å². The summed E-state index contributed by atoms with van der Waals surface area (Å²) < 4.78 is 61.1. The molecule has 7 nitrogen and oxygen atoms in total. The smallest absolute Gasteiger partial charge is 0.465 e. The van der Waals surface area contributed by atoms with Crippen LogP contribution < -0.4 is 5.46 Å². The van der Waals surface area contributed by atoms with Crippen LogP contribution in [-0.2, 0) is 10.9 Å². The van der Waals surface area contributed by atoms with Crippen molar-refractivity contribution < 1.29 is 41.9 Å². The number of rotatable bonds is 4. The van der Waals surface area contributed by atoms with Crippen LogP contribution in [0, 0.1) is 5.82 Å². The maximum atomic E-state index is 15.0. The zero-order valence-electron chi connectivity index (χ0n) is 18.2. The van der Waals surface area contributed by atoms with Crippen LogP contribution in [0.4, 0.5) is 17.6 Å². The molecular weight excluding hydrogens is 507 g/mol. The molecule has 4 aromatic rings. The van der Waals surface area contributed by atoms with E-state index < -0.39 is 47.1 Å². The molecule has 0 saturated heterocycles. The number of fused-ring (bicyclic) bond motifs is 1. The summed E-state index contributed by atoms with van der Waals surface area (Å²) in [5, 5.41) is 22.8. The van der Waals surface area contributed by atoms with Crippen molar-refractivity contribution in [2.45, 2.75) is 6.18 Å². The second kappa shape index (κ2) is 9.38. The molecular formula is C23H14BClF4N2O5. The fourth-order valence-electron chi connectivity index (χ4n) is 3.68. The third-order valence-corrected chi connectivity index (χ3v) is 5.69. The normalized spacial score (nSPS) is 11.6. The maximum absolute atomic E-state index is 15.0. The Labute approximate surface area is 205 Å². The average Bonchev–Trinajstić information content (AvgIpc) is 3.21. The zero-order chi connectivity index (χ0) is 26.4. The fraction of sp³-hybridized carbons (Fsp3) is 0.0870. The van der Waals surface area contributed by atoms with Gasteiger partial charge in [0.2, 0.25) is 0 Å². The summed E-state index contributed by atoms with van der Waals surface area (Å²) in [5.74, 6) is -3.00. The first-order valence-corrected chi connectivity index (χ1v) is 10.5. The molecule has 3 aromatic carbocycles. The van der Waals surface area contributed by atoms with Crippen LogP contribution in [0.2, 0.25) is 5.02 Å². The lowest BCUT2D eigenvalue weighted by atomic mass is 9.80. The minimum Gasteiger partial charge on any atom is -0.465 e. The van der Waals surface area contributed by atoms with E-state index in [4.69, 9.17) is 11.6 Å². The van der Waals surface area contributed by atoms with Crippen molar-refractivity contribution in [2.75, 3.05) is 7.11 Å².